The van der Waals surface area contributed by atoms with Gasteiger partial charge in [-0.3, -0.25) is 0 Å². The molecule has 0 amide bonds. The van der Waals surface area contributed by atoms with Gasteiger partial charge in [0, 0.05) is 0 Å². The topological polar surface area (TPSA) is 0 Å². The molecular weight excluding hydrogens is 252 g/mol. The summed E-state index contributed by atoms with van der Waals surface area (Å²) in [6, 6.07) is 0. The molecule has 0 heterocycles. The zero-order chi connectivity index (χ0) is 14.8. The summed E-state index contributed by atoms with van der Waals surface area (Å²) < 4.78 is 0. The molecule has 2 aliphatic rings. The Hall–Kier alpha value is 0. The van der Waals surface area contributed by atoms with Gasteiger partial charge in [-0.1, -0.05) is 110 Å². The molecule has 21 heavy (non-hydrogen) atoms. The maximum Gasteiger partial charge on any atom is -0.0383 e. The molecule has 0 bridgehead atoms. The molecule has 2 atom stereocenters. The third-order valence-electron chi connectivity index (χ3n) is 6.36. The minimum Gasteiger partial charge on any atom is -0.0654 e. The van der Waals surface area contributed by atoms with E-state index in [0.717, 1.165) is 17.8 Å². The third-order valence-corrected chi connectivity index (χ3v) is 6.36. The summed E-state index contributed by atoms with van der Waals surface area (Å²) in [5, 5.41) is 0. The lowest BCUT2D eigenvalue weighted by Gasteiger charge is -2.36. The van der Waals surface area contributed by atoms with Crippen molar-refractivity contribution in [3.8, 4) is 0 Å². The van der Waals surface area contributed by atoms with E-state index in [1.165, 1.54) is 64.2 Å². The summed E-state index contributed by atoms with van der Waals surface area (Å²) >= 11 is 0. The molecule has 0 aliphatic heterocycles. The summed E-state index contributed by atoms with van der Waals surface area (Å²) in [4.78, 5) is 0. The van der Waals surface area contributed by atoms with Crippen LogP contribution in [0, 0.1) is 17.8 Å². The molecule has 124 valence electrons. The Kier molecular flexibility index (Phi) is 8.83. The molecule has 2 rings (SSSR count). The molecule has 0 saturated heterocycles. The lowest BCUT2D eigenvalue weighted by atomic mass is 9.69. The molecule has 0 heteroatoms. The van der Waals surface area contributed by atoms with Gasteiger partial charge in [0.15, 0.2) is 0 Å². The molecule has 0 aromatic rings. The van der Waals surface area contributed by atoms with E-state index in [1.54, 1.807) is 44.9 Å². The van der Waals surface area contributed by atoms with E-state index in [2.05, 4.69) is 6.92 Å². The van der Waals surface area contributed by atoms with E-state index in [0.29, 0.717) is 0 Å². The van der Waals surface area contributed by atoms with Crippen LogP contribution in [0.25, 0.3) is 0 Å². The van der Waals surface area contributed by atoms with Gasteiger partial charge in [-0.15, -0.1) is 0 Å². The maximum absolute atomic E-state index is 2.31. The van der Waals surface area contributed by atoms with E-state index >= 15 is 0 Å². The first-order chi connectivity index (χ1) is 10.4. The van der Waals surface area contributed by atoms with Gasteiger partial charge in [0.25, 0.3) is 0 Å². The normalized spacial score (nSPS) is 27.9. The van der Waals surface area contributed by atoms with E-state index in [4.69, 9.17) is 0 Å². The average molecular weight is 293 g/mol. The average Bonchev–Trinajstić information content (AvgIpc) is 2.55. The fourth-order valence-electron chi connectivity index (χ4n) is 5.02. The smallest absolute Gasteiger partial charge is 0.0383 e. The van der Waals surface area contributed by atoms with Gasteiger partial charge in [-0.25, -0.2) is 0 Å². The predicted molar refractivity (Wildman–Crippen MR) is 94.6 cm³/mol. The van der Waals surface area contributed by atoms with Crippen molar-refractivity contribution in [2.24, 2.45) is 17.8 Å². The fraction of sp³-hybridized carbons (Fsp3) is 1.00. The van der Waals surface area contributed by atoms with Gasteiger partial charge >= 0.3 is 0 Å². The first-order valence-corrected chi connectivity index (χ1v) is 10.4. The number of hydrogen-bond donors (Lipinski definition) is 0. The van der Waals surface area contributed by atoms with Gasteiger partial charge in [-0.05, 0) is 24.2 Å². The Morgan fingerprint density at radius 2 is 1.29 bits per heavy atom. The fourth-order valence-corrected chi connectivity index (χ4v) is 5.02. The Labute approximate surface area is 134 Å². The molecular formula is C21H40. The van der Waals surface area contributed by atoms with Crippen LogP contribution in [0.2, 0.25) is 0 Å². The monoisotopic (exact) mass is 292 g/mol. The highest BCUT2D eigenvalue weighted by Crippen LogP contribution is 2.41. The highest BCUT2D eigenvalue weighted by molar-refractivity contribution is 4.80. The van der Waals surface area contributed by atoms with E-state index in [1.807, 2.05) is 0 Å². The van der Waals surface area contributed by atoms with Crippen molar-refractivity contribution in [2.75, 3.05) is 0 Å². The van der Waals surface area contributed by atoms with Crippen molar-refractivity contribution in [1.82, 2.24) is 0 Å². The second-order valence-corrected chi connectivity index (χ2v) is 8.10. The van der Waals surface area contributed by atoms with Gasteiger partial charge in [0.1, 0.15) is 0 Å². The van der Waals surface area contributed by atoms with Gasteiger partial charge < -0.3 is 0 Å². The van der Waals surface area contributed by atoms with Crippen LogP contribution in [0.5, 0.6) is 0 Å². The van der Waals surface area contributed by atoms with E-state index in [-0.39, 0.29) is 0 Å². The van der Waals surface area contributed by atoms with Crippen molar-refractivity contribution in [1.29, 1.82) is 0 Å². The largest absolute Gasteiger partial charge is 0.0654 e. The second kappa shape index (κ2) is 10.7. The number of unbranched alkanes of at least 4 members (excludes halogenated alkanes) is 6. The van der Waals surface area contributed by atoms with Crippen molar-refractivity contribution in [2.45, 2.75) is 116 Å². The van der Waals surface area contributed by atoms with E-state index < -0.39 is 0 Å². The van der Waals surface area contributed by atoms with Crippen molar-refractivity contribution < 1.29 is 0 Å². The standard InChI is InChI=1S/C21H40/c1-2-3-4-5-6-7-9-13-19-14-12-17-21(18-19)20-15-10-8-11-16-20/h19-21H,2-18H2,1H3. The minimum atomic E-state index is 1.10. The Morgan fingerprint density at radius 3 is 2.05 bits per heavy atom. The van der Waals surface area contributed by atoms with Crippen LogP contribution in [0.4, 0.5) is 0 Å². The summed E-state index contributed by atoms with van der Waals surface area (Å²) in [5.41, 5.74) is 0. The highest BCUT2D eigenvalue weighted by atomic mass is 14.3. The van der Waals surface area contributed by atoms with Crippen LogP contribution in [0.1, 0.15) is 116 Å². The Balaban J connectivity index is 1.54. The molecule has 0 aromatic heterocycles. The van der Waals surface area contributed by atoms with Crippen LogP contribution in [0.15, 0.2) is 0 Å². The first-order valence-electron chi connectivity index (χ1n) is 10.4. The summed E-state index contributed by atoms with van der Waals surface area (Å²) in [7, 11) is 0. The van der Waals surface area contributed by atoms with E-state index in [9.17, 15) is 0 Å². The molecule has 0 aromatic carbocycles. The van der Waals surface area contributed by atoms with Gasteiger partial charge in [0.2, 0.25) is 0 Å². The summed E-state index contributed by atoms with van der Waals surface area (Å²) in [5.74, 6) is 3.34. The lowest BCUT2D eigenvalue weighted by molar-refractivity contribution is 0.153. The molecule has 0 spiro atoms. The number of rotatable bonds is 9. The third kappa shape index (κ3) is 6.74. The predicted octanol–water partition coefficient (Wildman–Crippen LogP) is 7.51. The molecule has 0 nitrogen and oxygen atoms in total. The molecule has 2 saturated carbocycles. The van der Waals surface area contributed by atoms with Crippen LogP contribution in [-0.2, 0) is 0 Å². The number of hydrogen-bond acceptors (Lipinski definition) is 0. The van der Waals surface area contributed by atoms with Crippen LogP contribution in [-0.4, -0.2) is 0 Å². The summed E-state index contributed by atoms with van der Waals surface area (Å²) in [6.07, 6.45) is 25.9. The van der Waals surface area contributed by atoms with Crippen molar-refractivity contribution in [3.63, 3.8) is 0 Å². The summed E-state index contributed by atoms with van der Waals surface area (Å²) in [6.45, 7) is 2.31. The minimum absolute atomic E-state index is 1.10. The molecule has 0 N–H and O–H groups in total. The van der Waals surface area contributed by atoms with Crippen LogP contribution >= 0.6 is 0 Å². The van der Waals surface area contributed by atoms with Gasteiger partial charge in [0.05, 0.1) is 0 Å². The van der Waals surface area contributed by atoms with Crippen molar-refractivity contribution >= 4 is 0 Å². The molecule has 2 unspecified atom stereocenters. The molecule has 2 aliphatic carbocycles. The lowest BCUT2D eigenvalue weighted by Crippen LogP contribution is -2.24. The zero-order valence-electron chi connectivity index (χ0n) is 14.8. The maximum atomic E-state index is 2.31. The van der Waals surface area contributed by atoms with Crippen molar-refractivity contribution in [3.05, 3.63) is 0 Å². The SMILES string of the molecule is CCCCCCCCCC1CCCC(C2CCCCC2)C1. The quantitative estimate of drug-likeness (QED) is 0.386. The second-order valence-electron chi connectivity index (χ2n) is 8.10. The highest BCUT2D eigenvalue weighted by Gasteiger charge is 2.28. The molecule has 0 radical (unpaired) electrons. The van der Waals surface area contributed by atoms with Crippen LogP contribution < -0.4 is 0 Å². The first kappa shape index (κ1) is 17.4. The Morgan fingerprint density at radius 1 is 0.619 bits per heavy atom. The zero-order valence-corrected chi connectivity index (χ0v) is 14.8. The Bertz CT molecular complexity index is 238. The van der Waals surface area contributed by atoms with Crippen LogP contribution in [0.3, 0.4) is 0 Å². The van der Waals surface area contributed by atoms with Gasteiger partial charge in [-0.2, -0.15) is 0 Å². The molecule has 2 fully saturated rings.